The second kappa shape index (κ2) is 7.80. The van der Waals surface area contributed by atoms with Crippen LogP contribution in [0.5, 0.6) is 0 Å². The molecule has 0 amide bonds. The van der Waals surface area contributed by atoms with Crippen molar-refractivity contribution in [1.82, 2.24) is 0 Å². The van der Waals surface area contributed by atoms with Crippen LogP contribution in [0.15, 0.2) is 59.5 Å². The van der Waals surface area contributed by atoms with Crippen LogP contribution >= 0.6 is 7.92 Å². The molecule has 1 fully saturated rings. The summed E-state index contributed by atoms with van der Waals surface area (Å²) in [5, 5.41) is 1.47. The van der Waals surface area contributed by atoms with Gasteiger partial charge in [-0.05, 0) is 43.3 Å². The molecule has 0 saturated heterocycles. The summed E-state index contributed by atoms with van der Waals surface area (Å²) in [6.45, 7) is 24.3. The molecule has 0 aromatic heterocycles. The first-order valence-corrected chi connectivity index (χ1v) is 10.5. The van der Waals surface area contributed by atoms with Crippen LogP contribution in [0.3, 0.4) is 0 Å². The summed E-state index contributed by atoms with van der Waals surface area (Å²) < 4.78 is 0. The first-order chi connectivity index (χ1) is 10.7. The van der Waals surface area contributed by atoms with Gasteiger partial charge < -0.3 is 0 Å². The molecule has 1 aliphatic rings. The van der Waals surface area contributed by atoms with Crippen molar-refractivity contribution >= 4 is 7.92 Å². The molecule has 0 radical (unpaired) electrons. The van der Waals surface area contributed by atoms with Gasteiger partial charge in [-0.1, -0.05) is 96.7 Å². The minimum absolute atomic E-state index is 0.0540. The van der Waals surface area contributed by atoms with E-state index in [2.05, 4.69) is 85.9 Å². The van der Waals surface area contributed by atoms with Gasteiger partial charge in [-0.3, -0.25) is 0 Å². The largest absolute Gasteiger partial charge is 0.0986 e. The maximum Gasteiger partial charge on any atom is 0.0187 e. The van der Waals surface area contributed by atoms with E-state index >= 15 is 0 Å². The molecule has 1 saturated carbocycles. The van der Waals surface area contributed by atoms with E-state index in [1.807, 2.05) is 0 Å². The first-order valence-electron chi connectivity index (χ1n) is 8.80. The molecule has 0 aromatic rings. The maximum absolute atomic E-state index is 4.40. The third kappa shape index (κ3) is 3.97. The van der Waals surface area contributed by atoms with Crippen LogP contribution in [0.4, 0.5) is 0 Å². The van der Waals surface area contributed by atoms with E-state index in [-0.39, 0.29) is 18.8 Å². The average Bonchev–Trinajstić information content (AvgIpc) is 2.92. The standard InChI is InChI=1S/C22H35P/c1-10-20-21(7,8)22(20,9)18(6)14-13-15-19(16-17(4)5)23(11-2)12-3/h10,13,15-16H,4,6,11-12,14H2,1-3,5,7-9H3/b15-13-,19-16+,20-10+. The van der Waals surface area contributed by atoms with Crippen molar-refractivity contribution in [3.63, 3.8) is 0 Å². The Balaban J connectivity index is 2.85. The maximum atomic E-state index is 4.40. The lowest BCUT2D eigenvalue weighted by Gasteiger charge is -2.17. The van der Waals surface area contributed by atoms with Crippen molar-refractivity contribution in [1.29, 1.82) is 0 Å². The molecule has 0 spiro atoms. The number of hydrogen-bond acceptors (Lipinski definition) is 0. The van der Waals surface area contributed by atoms with Crippen LogP contribution in [-0.4, -0.2) is 12.3 Å². The summed E-state index contributed by atoms with van der Waals surface area (Å²) in [4.78, 5) is 0. The van der Waals surface area contributed by atoms with Gasteiger partial charge >= 0.3 is 0 Å². The van der Waals surface area contributed by atoms with E-state index in [0.29, 0.717) is 0 Å². The Morgan fingerprint density at radius 1 is 1.13 bits per heavy atom. The van der Waals surface area contributed by atoms with Crippen molar-refractivity contribution < 1.29 is 0 Å². The van der Waals surface area contributed by atoms with E-state index < -0.39 is 0 Å². The zero-order valence-electron chi connectivity index (χ0n) is 16.3. The molecule has 0 heterocycles. The van der Waals surface area contributed by atoms with Crippen LogP contribution in [0.1, 0.15) is 54.9 Å². The normalized spacial score (nSPS) is 25.4. The van der Waals surface area contributed by atoms with Crippen LogP contribution in [0.2, 0.25) is 0 Å². The van der Waals surface area contributed by atoms with Gasteiger partial charge in [-0.2, -0.15) is 0 Å². The second-order valence-corrected chi connectivity index (χ2v) is 10.1. The van der Waals surface area contributed by atoms with E-state index in [0.717, 1.165) is 12.0 Å². The van der Waals surface area contributed by atoms with Crippen molar-refractivity contribution in [2.24, 2.45) is 10.8 Å². The van der Waals surface area contributed by atoms with Crippen molar-refractivity contribution in [2.45, 2.75) is 54.9 Å². The molecule has 128 valence electrons. The molecule has 1 aliphatic carbocycles. The smallest absolute Gasteiger partial charge is 0.0187 e. The lowest BCUT2D eigenvalue weighted by Crippen LogP contribution is -2.06. The Morgan fingerprint density at radius 2 is 1.70 bits per heavy atom. The summed E-state index contributed by atoms with van der Waals surface area (Å²) in [5.74, 6) is 0. The Morgan fingerprint density at radius 3 is 2.09 bits per heavy atom. The van der Waals surface area contributed by atoms with E-state index in [9.17, 15) is 0 Å². The zero-order valence-corrected chi connectivity index (χ0v) is 17.2. The molecule has 1 unspecified atom stereocenters. The quantitative estimate of drug-likeness (QED) is 0.246. The van der Waals surface area contributed by atoms with E-state index in [1.54, 1.807) is 0 Å². The van der Waals surface area contributed by atoms with Crippen molar-refractivity contribution in [3.8, 4) is 0 Å². The van der Waals surface area contributed by atoms with Gasteiger partial charge in [0, 0.05) is 5.41 Å². The highest BCUT2D eigenvalue weighted by atomic mass is 31.1. The third-order valence-electron chi connectivity index (χ3n) is 5.57. The highest BCUT2D eigenvalue weighted by Gasteiger charge is 2.63. The predicted octanol–water partition coefficient (Wildman–Crippen LogP) is 7.46. The first kappa shape index (κ1) is 20.2. The topological polar surface area (TPSA) is 0 Å². The number of rotatable bonds is 8. The molecule has 1 heteroatoms. The van der Waals surface area contributed by atoms with Gasteiger partial charge in [-0.15, -0.1) is 0 Å². The molecular weight excluding hydrogens is 295 g/mol. The van der Waals surface area contributed by atoms with Crippen molar-refractivity contribution in [2.75, 3.05) is 12.3 Å². The summed E-state index contributed by atoms with van der Waals surface area (Å²) in [7, 11) is -0.0540. The average molecular weight is 330 g/mol. The monoisotopic (exact) mass is 330 g/mol. The SMILES string of the molecule is C=C(C)/C=C(\C=C/CC(=C)C1(C)/C(=C/C)C1(C)C)P(CC)CC. The molecule has 1 rings (SSSR count). The Kier molecular flexibility index (Phi) is 6.84. The summed E-state index contributed by atoms with van der Waals surface area (Å²) in [6.07, 6.45) is 12.6. The molecule has 0 aliphatic heterocycles. The molecule has 23 heavy (non-hydrogen) atoms. The highest BCUT2D eigenvalue weighted by molar-refractivity contribution is 7.62. The Hall–Kier alpha value is -0.870. The van der Waals surface area contributed by atoms with Crippen molar-refractivity contribution in [3.05, 3.63) is 59.5 Å². The highest BCUT2D eigenvalue weighted by Crippen LogP contribution is 2.72. The van der Waals surface area contributed by atoms with Gasteiger partial charge in [0.25, 0.3) is 0 Å². The van der Waals surface area contributed by atoms with E-state index in [4.69, 9.17) is 0 Å². The Labute approximate surface area is 145 Å². The van der Waals surface area contributed by atoms with Crippen LogP contribution in [-0.2, 0) is 0 Å². The summed E-state index contributed by atoms with van der Waals surface area (Å²) in [5.41, 5.74) is 4.45. The zero-order chi connectivity index (χ0) is 17.8. The lowest BCUT2D eigenvalue weighted by atomic mass is 9.88. The summed E-state index contributed by atoms with van der Waals surface area (Å²) in [6, 6.07) is 0. The van der Waals surface area contributed by atoms with Gasteiger partial charge in [0.15, 0.2) is 0 Å². The van der Waals surface area contributed by atoms with Crippen LogP contribution < -0.4 is 0 Å². The molecule has 0 nitrogen and oxygen atoms in total. The summed E-state index contributed by atoms with van der Waals surface area (Å²) >= 11 is 0. The van der Waals surface area contributed by atoms with Crippen LogP contribution in [0.25, 0.3) is 0 Å². The van der Waals surface area contributed by atoms with Gasteiger partial charge in [0.05, 0.1) is 0 Å². The van der Waals surface area contributed by atoms with Gasteiger partial charge in [0.1, 0.15) is 0 Å². The molecule has 1 atom stereocenters. The van der Waals surface area contributed by atoms with E-state index in [1.165, 1.54) is 28.8 Å². The van der Waals surface area contributed by atoms with Crippen LogP contribution in [0, 0.1) is 10.8 Å². The molecular formula is C22H35P. The molecule has 0 N–H and O–H groups in total. The fourth-order valence-electron chi connectivity index (χ4n) is 3.78. The Bertz CT molecular complexity index is 553. The fraction of sp³-hybridized carbons (Fsp3) is 0.545. The lowest BCUT2D eigenvalue weighted by molar-refractivity contribution is 0.475. The minimum Gasteiger partial charge on any atom is -0.0986 e. The van der Waals surface area contributed by atoms with Gasteiger partial charge in [-0.25, -0.2) is 0 Å². The third-order valence-corrected chi connectivity index (χ3v) is 8.11. The number of allylic oxidation sites excluding steroid dienone is 8. The predicted molar refractivity (Wildman–Crippen MR) is 109 cm³/mol. The minimum atomic E-state index is -0.0540. The van der Waals surface area contributed by atoms with Gasteiger partial charge in [0.2, 0.25) is 0 Å². The number of hydrogen-bond donors (Lipinski definition) is 0. The second-order valence-electron chi connectivity index (χ2n) is 7.25. The molecule has 0 bridgehead atoms. The fourth-order valence-corrected chi connectivity index (χ4v) is 5.67. The molecule has 0 aromatic carbocycles.